The zero-order valence-electron chi connectivity index (χ0n) is 11.0. The first-order chi connectivity index (χ1) is 9.19. The summed E-state index contributed by atoms with van der Waals surface area (Å²) in [5.74, 6) is 1.17. The van der Waals surface area contributed by atoms with Crippen molar-refractivity contribution in [1.29, 1.82) is 0 Å². The number of hydrogen-bond donors (Lipinski definition) is 1. The molecule has 4 nitrogen and oxygen atoms in total. The molecule has 0 unspecified atom stereocenters. The van der Waals surface area contributed by atoms with Gasteiger partial charge >= 0.3 is 0 Å². The number of nitrogens with zero attached hydrogens (tertiary/aromatic N) is 2. The van der Waals surface area contributed by atoms with Gasteiger partial charge in [0.1, 0.15) is 6.61 Å². The lowest BCUT2D eigenvalue weighted by atomic mass is 10.2. The third-order valence-corrected chi connectivity index (χ3v) is 2.76. The highest BCUT2D eigenvalue weighted by Crippen LogP contribution is 2.18. The Morgan fingerprint density at radius 1 is 1.37 bits per heavy atom. The first-order valence-electron chi connectivity index (χ1n) is 6.14. The highest BCUT2D eigenvalue weighted by molar-refractivity contribution is 6.30. The van der Waals surface area contributed by atoms with Crippen LogP contribution in [0.25, 0.3) is 0 Å². The van der Waals surface area contributed by atoms with E-state index in [1.165, 1.54) is 0 Å². The lowest BCUT2D eigenvalue weighted by Gasteiger charge is -2.09. The van der Waals surface area contributed by atoms with Crippen molar-refractivity contribution in [2.75, 3.05) is 11.9 Å². The number of aromatic nitrogens is 2. The molecule has 1 aromatic heterocycles. The Kier molecular flexibility index (Phi) is 4.58. The zero-order valence-corrected chi connectivity index (χ0v) is 11.7. The summed E-state index contributed by atoms with van der Waals surface area (Å²) in [5, 5.41) is 3.76. The van der Waals surface area contributed by atoms with Crippen LogP contribution in [0.15, 0.2) is 30.5 Å². The number of nitrogens with one attached hydrogen (secondary N) is 1. The summed E-state index contributed by atoms with van der Waals surface area (Å²) in [5.41, 5.74) is 1.92. The minimum Gasteiger partial charge on any atom is -0.472 e. The molecule has 1 heterocycles. The van der Waals surface area contributed by atoms with Crippen LogP contribution >= 0.6 is 11.6 Å². The van der Waals surface area contributed by atoms with Crippen molar-refractivity contribution in [3.05, 3.63) is 46.6 Å². The van der Waals surface area contributed by atoms with Gasteiger partial charge in [-0.25, -0.2) is 4.98 Å². The van der Waals surface area contributed by atoms with Crippen LogP contribution in [0.3, 0.4) is 0 Å². The molecule has 0 aliphatic heterocycles. The largest absolute Gasteiger partial charge is 0.472 e. The Balaban J connectivity index is 2.08. The maximum Gasteiger partial charge on any atom is 0.225 e. The van der Waals surface area contributed by atoms with E-state index in [4.69, 9.17) is 16.3 Å². The van der Waals surface area contributed by atoms with E-state index >= 15 is 0 Å². The normalized spacial score (nSPS) is 10.3. The van der Waals surface area contributed by atoms with Crippen molar-refractivity contribution in [3.8, 4) is 5.88 Å². The van der Waals surface area contributed by atoms with E-state index in [1.807, 2.05) is 38.1 Å². The van der Waals surface area contributed by atoms with E-state index in [2.05, 4.69) is 15.3 Å². The number of aryl methyl sites for hydroxylation is 1. The maximum absolute atomic E-state index is 5.93. The van der Waals surface area contributed by atoms with Crippen molar-refractivity contribution >= 4 is 17.5 Å². The Bertz CT molecular complexity index is 560. The van der Waals surface area contributed by atoms with E-state index in [0.29, 0.717) is 23.5 Å². The van der Waals surface area contributed by atoms with Gasteiger partial charge in [0.05, 0.1) is 0 Å². The summed E-state index contributed by atoms with van der Waals surface area (Å²) in [7, 11) is 0. The van der Waals surface area contributed by atoms with Gasteiger partial charge in [-0.3, -0.25) is 0 Å². The molecule has 0 aliphatic carbocycles. The molecule has 0 aliphatic rings. The highest BCUT2D eigenvalue weighted by Gasteiger charge is 2.05. The summed E-state index contributed by atoms with van der Waals surface area (Å²) in [6, 6.07) is 7.58. The SMILES string of the molecule is CCNc1ncc(C)c(OCc2cccc(Cl)c2)n1. The molecule has 0 saturated heterocycles. The molecule has 2 aromatic rings. The van der Waals surface area contributed by atoms with Crippen molar-refractivity contribution in [2.45, 2.75) is 20.5 Å². The highest BCUT2D eigenvalue weighted by atomic mass is 35.5. The van der Waals surface area contributed by atoms with Crippen molar-refractivity contribution in [1.82, 2.24) is 9.97 Å². The summed E-state index contributed by atoms with van der Waals surface area (Å²) in [6.45, 7) is 5.12. The monoisotopic (exact) mass is 277 g/mol. The Morgan fingerprint density at radius 3 is 2.95 bits per heavy atom. The Hall–Kier alpha value is -1.81. The standard InChI is InChI=1S/C14H16ClN3O/c1-3-16-14-17-8-10(2)13(18-14)19-9-11-5-4-6-12(15)7-11/h4-8H,3,9H2,1-2H3,(H,16,17,18). The predicted octanol–water partition coefficient (Wildman–Crippen LogP) is 3.45. The first kappa shape index (κ1) is 13.6. The second-order valence-corrected chi connectivity index (χ2v) is 4.57. The molecule has 100 valence electrons. The Labute approximate surface area is 117 Å². The van der Waals surface area contributed by atoms with Gasteiger partial charge in [0.25, 0.3) is 0 Å². The fourth-order valence-electron chi connectivity index (χ4n) is 1.59. The number of benzene rings is 1. The van der Waals surface area contributed by atoms with Crippen LogP contribution in [0.2, 0.25) is 5.02 Å². The fourth-order valence-corrected chi connectivity index (χ4v) is 1.81. The minimum atomic E-state index is 0.435. The van der Waals surface area contributed by atoms with Crippen LogP contribution in [-0.4, -0.2) is 16.5 Å². The van der Waals surface area contributed by atoms with Crippen LogP contribution in [0, 0.1) is 6.92 Å². The molecule has 0 saturated carbocycles. The van der Waals surface area contributed by atoms with Crippen LogP contribution in [0.4, 0.5) is 5.95 Å². The van der Waals surface area contributed by atoms with Gasteiger partial charge in [0.15, 0.2) is 0 Å². The molecular weight excluding hydrogens is 262 g/mol. The van der Waals surface area contributed by atoms with Gasteiger partial charge in [-0.15, -0.1) is 0 Å². The number of anilines is 1. The molecule has 19 heavy (non-hydrogen) atoms. The molecule has 0 radical (unpaired) electrons. The molecule has 1 N–H and O–H groups in total. The fraction of sp³-hybridized carbons (Fsp3) is 0.286. The summed E-state index contributed by atoms with van der Waals surface area (Å²) in [4.78, 5) is 8.50. The van der Waals surface area contributed by atoms with Crippen LogP contribution in [-0.2, 0) is 6.61 Å². The molecular formula is C14H16ClN3O. The molecule has 1 aromatic carbocycles. The number of rotatable bonds is 5. The summed E-state index contributed by atoms with van der Waals surface area (Å²) < 4.78 is 5.72. The van der Waals surface area contributed by atoms with E-state index in [9.17, 15) is 0 Å². The molecule has 0 fully saturated rings. The second kappa shape index (κ2) is 6.38. The second-order valence-electron chi connectivity index (χ2n) is 4.13. The number of ether oxygens (including phenoxy) is 1. The average molecular weight is 278 g/mol. The lowest BCUT2D eigenvalue weighted by Crippen LogP contribution is -2.05. The molecule has 5 heteroatoms. The van der Waals surface area contributed by atoms with Crippen LogP contribution in [0.1, 0.15) is 18.1 Å². The van der Waals surface area contributed by atoms with E-state index < -0.39 is 0 Å². The van der Waals surface area contributed by atoms with Crippen LogP contribution in [0.5, 0.6) is 5.88 Å². The van der Waals surface area contributed by atoms with E-state index in [1.54, 1.807) is 6.20 Å². The van der Waals surface area contributed by atoms with Gasteiger partial charge in [0, 0.05) is 23.3 Å². The number of halogens is 1. The molecule has 0 atom stereocenters. The van der Waals surface area contributed by atoms with E-state index in [0.717, 1.165) is 17.7 Å². The van der Waals surface area contributed by atoms with Gasteiger partial charge < -0.3 is 10.1 Å². The third kappa shape index (κ3) is 3.83. The predicted molar refractivity (Wildman–Crippen MR) is 76.7 cm³/mol. The van der Waals surface area contributed by atoms with Gasteiger partial charge in [0.2, 0.25) is 11.8 Å². The first-order valence-corrected chi connectivity index (χ1v) is 6.51. The van der Waals surface area contributed by atoms with Gasteiger partial charge in [-0.1, -0.05) is 23.7 Å². The van der Waals surface area contributed by atoms with Crippen molar-refractivity contribution in [3.63, 3.8) is 0 Å². The summed E-state index contributed by atoms with van der Waals surface area (Å²) in [6.07, 6.45) is 1.75. The third-order valence-electron chi connectivity index (χ3n) is 2.52. The van der Waals surface area contributed by atoms with Crippen molar-refractivity contribution < 1.29 is 4.74 Å². The molecule has 2 rings (SSSR count). The van der Waals surface area contributed by atoms with Crippen molar-refractivity contribution in [2.24, 2.45) is 0 Å². The average Bonchev–Trinajstić information content (AvgIpc) is 2.40. The Morgan fingerprint density at radius 2 is 2.21 bits per heavy atom. The number of hydrogen-bond acceptors (Lipinski definition) is 4. The minimum absolute atomic E-state index is 0.435. The lowest BCUT2D eigenvalue weighted by molar-refractivity contribution is 0.291. The van der Waals surface area contributed by atoms with Gasteiger partial charge in [-0.2, -0.15) is 4.98 Å². The maximum atomic E-state index is 5.93. The van der Waals surface area contributed by atoms with Crippen LogP contribution < -0.4 is 10.1 Å². The van der Waals surface area contributed by atoms with Gasteiger partial charge in [-0.05, 0) is 31.5 Å². The van der Waals surface area contributed by atoms with E-state index in [-0.39, 0.29) is 0 Å². The quantitative estimate of drug-likeness (QED) is 0.909. The zero-order chi connectivity index (χ0) is 13.7. The molecule has 0 bridgehead atoms. The smallest absolute Gasteiger partial charge is 0.225 e. The molecule has 0 amide bonds. The summed E-state index contributed by atoms with van der Waals surface area (Å²) >= 11 is 5.93. The topological polar surface area (TPSA) is 47.0 Å². The molecule has 0 spiro atoms.